The minimum Gasteiger partial charge on any atom is -0.377 e. The van der Waals surface area contributed by atoms with Crippen LogP contribution in [-0.2, 0) is 4.74 Å². The smallest absolute Gasteiger partial charge is 0.0700 e. The molecule has 3 heteroatoms. The van der Waals surface area contributed by atoms with Gasteiger partial charge >= 0.3 is 0 Å². The summed E-state index contributed by atoms with van der Waals surface area (Å²) < 4.78 is 5.44. The standard InChI is InChI=1S/C8H18N2O/c1-7(5-9)10-6-8-3-2-4-11-8/h7-8,10H,2-6,9H2,1H3. The van der Waals surface area contributed by atoms with Gasteiger partial charge in [0.15, 0.2) is 0 Å². The van der Waals surface area contributed by atoms with Gasteiger partial charge in [-0.15, -0.1) is 0 Å². The second-order valence-electron chi connectivity index (χ2n) is 3.18. The Hall–Kier alpha value is -0.120. The second kappa shape index (κ2) is 4.70. The third-order valence-corrected chi connectivity index (χ3v) is 2.07. The van der Waals surface area contributed by atoms with Gasteiger partial charge < -0.3 is 15.8 Å². The zero-order chi connectivity index (χ0) is 8.10. The van der Waals surface area contributed by atoms with E-state index in [2.05, 4.69) is 12.2 Å². The minimum atomic E-state index is 0.416. The van der Waals surface area contributed by atoms with Crippen molar-refractivity contribution in [2.75, 3.05) is 19.7 Å². The van der Waals surface area contributed by atoms with Gasteiger partial charge in [0.2, 0.25) is 0 Å². The van der Waals surface area contributed by atoms with Crippen molar-refractivity contribution in [3.05, 3.63) is 0 Å². The lowest BCUT2D eigenvalue weighted by atomic mass is 10.2. The lowest BCUT2D eigenvalue weighted by molar-refractivity contribution is 0.108. The number of nitrogens with one attached hydrogen (secondary N) is 1. The average Bonchev–Trinajstić information content (AvgIpc) is 2.52. The summed E-state index contributed by atoms with van der Waals surface area (Å²) in [6.07, 6.45) is 2.84. The van der Waals surface area contributed by atoms with Crippen LogP contribution in [-0.4, -0.2) is 31.8 Å². The Morgan fingerprint density at radius 3 is 3.09 bits per heavy atom. The summed E-state index contributed by atoms with van der Waals surface area (Å²) in [7, 11) is 0. The maximum Gasteiger partial charge on any atom is 0.0700 e. The fraction of sp³-hybridized carbons (Fsp3) is 1.00. The van der Waals surface area contributed by atoms with E-state index in [9.17, 15) is 0 Å². The quantitative estimate of drug-likeness (QED) is 0.610. The molecule has 0 bridgehead atoms. The van der Waals surface area contributed by atoms with Crippen molar-refractivity contribution in [1.82, 2.24) is 5.32 Å². The Morgan fingerprint density at radius 1 is 1.73 bits per heavy atom. The van der Waals surface area contributed by atoms with Crippen molar-refractivity contribution < 1.29 is 4.74 Å². The first-order valence-corrected chi connectivity index (χ1v) is 4.38. The van der Waals surface area contributed by atoms with E-state index in [0.717, 1.165) is 13.2 Å². The van der Waals surface area contributed by atoms with Crippen LogP contribution in [0.1, 0.15) is 19.8 Å². The maximum atomic E-state index is 5.45. The highest BCUT2D eigenvalue weighted by atomic mass is 16.5. The Labute approximate surface area is 68.3 Å². The van der Waals surface area contributed by atoms with Crippen molar-refractivity contribution in [3.63, 3.8) is 0 Å². The molecule has 1 fully saturated rings. The van der Waals surface area contributed by atoms with Crippen LogP contribution in [0.2, 0.25) is 0 Å². The molecular formula is C8H18N2O. The van der Waals surface area contributed by atoms with Gasteiger partial charge in [0, 0.05) is 25.7 Å². The first-order valence-electron chi connectivity index (χ1n) is 4.38. The third kappa shape index (κ3) is 3.18. The van der Waals surface area contributed by atoms with Crippen molar-refractivity contribution in [3.8, 4) is 0 Å². The van der Waals surface area contributed by atoms with E-state index >= 15 is 0 Å². The van der Waals surface area contributed by atoms with Crippen LogP contribution in [0.5, 0.6) is 0 Å². The Bertz CT molecular complexity index is 102. The normalized spacial score (nSPS) is 27.3. The molecule has 1 aliphatic rings. The summed E-state index contributed by atoms with van der Waals surface area (Å²) in [6, 6.07) is 0.416. The minimum absolute atomic E-state index is 0.416. The molecule has 0 radical (unpaired) electrons. The van der Waals surface area contributed by atoms with Gasteiger partial charge in [0.1, 0.15) is 0 Å². The zero-order valence-electron chi connectivity index (χ0n) is 7.18. The lowest BCUT2D eigenvalue weighted by Crippen LogP contribution is -2.38. The monoisotopic (exact) mass is 158 g/mol. The molecule has 0 saturated carbocycles. The van der Waals surface area contributed by atoms with Crippen LogP contribution in [0, 0.1) is 0 Å². The molecule has 1 rings (SSSR count). The fourth-order valence-corrected chi connectivity index (χ4v) is 1.22. The molecule has 3 N–H and O–H groups in total. The van der Waals surface area contributed by atoms with E-state index < -0.39 is 0 Å². The van der Waals surface area contributed by atoms with Crippen molar-refractivity contribution in [2.45, 2.75) is 31.9 Å². The topological polar surface area (TPSA) is 47.3 Å². The van der Waals surface area contributed by atoms with Gasteiger partial charge in [-0.2, -0.15) is 0 Å². The molecule has 0 amide bonds. The molecule has 2 unspecified atom stereocenters. The summed E-state index contributed by atoms with van der Waals surface area (Å²) in [4.78, 5) is 0. The van der Waals surface area contributed by atoms with Crippen LogP contribution in [0.4, 0.5) is 0 Å². The van der Waals surface area contributed by atoms with Crippen LogP contribution in [0.25, 0.3) is 0 Å². The Balaban J connectivity index is 2.01. The van der Waals surface area contributed by atoms with Gasteiger partial charge in [0.05, 0.1) is 6.10 Å². The van der Waals surface area contributed by atoms with Crippen LogP contribution >= 0.6 is 0 Å². The summed E-state index contributed by atoms with van der Waals surface area (Å²) in [5.41, 5.74) is 5.45. The largest absolute Gasteiger partial charge is 0.377 e. The van der Waals surface area contributed by atoms with Gasteiger partial charge in [-0.1, -0.05) is 0 Å². The number of rotatable bonds is 4. The predicted molar refractivity (Wildman–Crippen MR) is 45.5 cm³/mol. The van der Waals surface area contributed by atoms with Crippen molar-refractivity contribution in [1.29, 1.82) is 0 Å². The van der Waals surface area contributed by atoms with Gasteiger partial charge in [0.25, 0.3) is 0 Å². The molecule has 3 nitrogen and oxygen atoms in total. The number of hydrogen-bond donors (Lipinski definition) is 2. The molecule has 2 atom stereocenters. The fourth-order valence-electron chi connectivity index (χ4n) is 1.22. The third-order valence-electron chi connectivity index (χ3n) is 2.07. The van der Waals surface area contributed by atoms with Crippen LogP contribution in [0.15, 0.2) is 0 Å². The van der Waals surface area contributed by atoms with E-state index in [0.29, 0.717) is 18.7 Å². The predicted octanol–water partition coefficient (Wildman–Crippen LogP) is 0.102. The highest BCUT2D eigenvalue weighted by molar-refractivity contribution is 4.70. The highest BCUT2D eigenvalue weighted by Crippen LogP contribution is 2.10. The molecule has 11 heavy (non-hydrogen) atoms. The van der Waals surface area contributed by atoms with E-state index in [4.69, 9.17) is 10.5 Å². The molecular weight excluding hydrogens is 140 g/mol. The summed E-state index contributed by atoms with van der Waals surface area (Å²) in [6.45, 7) is 4.68. The first kappa shape index (κ1) is 8.97. The molecule has 0 aliphatic carbocycles. The number of ether oxygens (including phenoxy) is 1. The molecule has 1 aliphatic heterocycles. The zero-order valence-corrected chi connectivity index (χ0v) is 7.18. The molecule has 1 heterocycles. The molecule has 1 saturated heterocycles. The number of hydrogen-bond acceptors (Lipinski definition) is 3. The van der Waals surface area contributed by atoms with E-state index in [1.54, 1.807) is 0 Å². The summed E-state index contributed by atoms with van der Waals surface area (Å²) in [5, 5.41) is 3.32. The van der Waals surface area contributed by atoms with E-state index in [1.165, 1.54) is 12.8 Å². The summed E-state index contributed by atoms with van der Waals surface area (Å²) >= 11 is 0. The molecule has 0 aromatic heterocycles. The summed E-state index contributed by atoms with van der Waals surface area (Å²) in [5.74, 6) is 0. The van der Waals surface area contributed by atoms with Gasteiger partial charge in [-0.05, 0) is 19.8 Å². The molecule has 0 spiro atoms. The molecule has 66 valence electrons. The Morgan fingerprint density at radius 2 is 2.55 bits per heavy atom. The van der Waals surface area contributed by atoms with Crippen LogP contribution < -0.4 is 11.1 Å². The molecule has 0 aromatic rings. The molecule has 0 aromatic carbocycles. The van der Waals surface area contributed by atoms with E-state index in [-0.39, 0.29) is 0 Å². The van der Waals surface area contributed by atoms with Crippen LogP contribution in [0.3, 0.4) is 0 Å². The van der Waals surface area contributed by atoms with Crippen molar-refractivity contribution >= 4 is 0 Å². The van der Waals surface area contributed by atoms with Gasteiger partial charge in [-0.3, -0.25) is 0 Å². The van der Waals surface area contributed by atoms with Gasteiger partial charge in [-0.25, -0.2) is 0 Å². The number of nitrogens with two attached hydrogens (primary N) is 1. The first-order chi connectivity index (χ1) is 5.33. The maximum absolute atomic E-state index is 5.45. The Kier molecular flexibility index (Phi) is 3.83. The highest BCUT2D eigenvalue weighted by Gasteiger charge is 2.15. The lowest BCUT2D eigenvalue weighted by Gasteiger charge is -2.14. The SMILES string of the molecule is CC(CN)NCC1CCCO1. The average molecular weight is 158 g/mol. The van der Waals surface area contributed by atoms with Crippen molar-refractivity contribution in [2.24, 2.45) is 5.73 Å². The second-order valence-corrected chi connectivity index (χ2v) is 3.18. The van der Waals surface area contributed by atoms with E-state index in [1.807, 2.05) is 0 Å².